The predicted octanol–water partition coefficient (Wildman–Crippen LogP) is 1.60. The van der Waals surface area contributed by atoms with Gasteiger partial charge in [-0.25, -0.2) is 13.4 Å². The molecule has 1 aromatic heterocycles. The highest BCUT2D eigenvalue weighted by molar-refractivity contribution is 9.10. The third-order valence-electron chi connectivity index (χ3n) is 2.79. The van der Waals surface area contributed by atoms with Crippen LogP contribution < -0.4 is 16.3 Å². The fourth-order valence-corrected chi connectivity index (χ4v) is 3.63. The van der Waals surface area contributed by atoms with Gasteiger partial charge in [0.1, 0.15) is 14.7 Å². The van der Waals surface area contributed by atoms with E-state index in [1.54, 1.807) is 26.0 Å². The summed E-state index contributed by atoms with van der Waals surface area (Å²) in [6, 6.07) is 3.38. The van der Waals surface area contributed by atoms with Crippen LogP contribution in [0, 0.1) is 20.8 Å². The smallest absolute Gasteiger partial charge is 0.333 e. The largest absolute Gasteiger partial charge is 0.744 e. The van der Waals surface area contributed by atoms with Gasteiger partial charge in [0.25, 0.3) is 0 Å². The third kappa shape index (κ3) is 5.31. The minimum absolute atomic E-state index is 0.0851. The summed E-state index contributed by atoms with van der Waals surface area (Å²) in [7, 11) is -4.33. The van der Waals surface area contributed by atoms with Crippen molar-refractivity contribution in [2.75, 3.05) is 11.6 Å². The van der Waals surface area contributed by atoms with Crippen molar-refractivity contribution in [2.45, 2.75) is 25.7 Å². The Morgan fingerprint density at radius 3 is 2.13 bits per heavy atom. The predicted molar refractivity (Wildman–Crippen MR) is 90.3 cm³/mol. The van der Waals surface area contributed by atoms with Gasteiger partial charge < -0.3 is 4.55 Å². The highest BCUT2D eigenvalue weighted by Crippen LogP contribution is 2.20. The van der Waals surface area contributed by atoms with Gasteiger partial charge in [0.2, 0.25) is 5.15 Å². The van der Waals surface area contributed by atoms with Gasteiger partial charge in [-0.05, 0) is 47.8 Å². The molecule has 0 radical (unpaired) electrons. The van der Waals surface area contributed by atoms with Crippen LogP contribution in [0.15, 0.2) is 27.8 Å². The Morgan fingerprint density at radius 2 is 1.74 bits per heavy atom. The van der Waals surface area contributed by atoms with E-state index in [-0.39, 0.29) is 15.9 Å². The van der Waals surface area contributed by atoms with Gasteiger partial charge in [0.15, 0.2) is 6.20 Å². The van der Waals surface area contributed by atoms with E-state index in [0.29, 0.717) is 15.7 Å². The average Bonchev–Trinajstić information content (AvgIpc) is 2.33. The van der Waals surface area contributed by atoms with Crippen LogP contribution in [0.2, 0.25) is 5.15 Å². The van der Waals surface area contributed by atoms with Gasteiger partial charge in [-0.15, -0.1) is 4.68 Å². The summed E-state index contributed by atoms with van der Waals surface area (Å²) in [5.41, 5.74) is 7.38. The zero-order chi connectivity index (χ0) is 17.9. The molecular formula is C13H16BrClN4O3S. The van der Waals surface area contributed by atoms with Crippen LogP contribution in [0.4, 0.5) is 5.82 Å². The second kappa shape index (κ2) is 7.43. The molecule has 0 saturated carbocycles. The highest BCUT2D eigenvalue weighted by atomic mass is 79.9. The number of anilines is 1. The van der Waals surface area contributed by atoms with Gasteiger partial charge in [-0.2, -0.15) is 0 Å². The monoisotopic (exact) mass is 422 g/mol. The van der Waals surface area contributed by atoms with E-state index in [4.69, 9.17) is 23.2 Å². The number of hydrogen-bond acceptors (Lipinski definition) is 6. The van der Waals surface area contributed by atoms with E-state index >= 15 is 0 Å². The maximum absolute atomic E-state index is 10.8. The van der Waals surface area contributed by atoms with E-state index in [0.717, 1.165) is 5.56 Å². The molecule has 23 heavy (non-hydrogen) atoms. The van der Waals surface area contributed by atoms with Crippen molar-refractivity contribution in [3.05, 3.63) is 44.8 Å². The van der Waals surface area contributed by atoms with Crippen LogP contribution >= 0.6 is 27.5 Å². The molecule has 0 aliphatic carbocycles. The first-order valence-corrected chi connectivity index (χ1v) is 8.83. The molecular weight excluding hydrogens is 408 g/mol. The van der Waals surface area contributed by atoms with Crippen LogP contribution in [-0.2, 0) is 10.1 Å². The molecule has 2 rings (SSSR count). The number of hydrogen-bond donors (Lipinski definition) is 2. The Hall–Kier alpha value is -1.42. The van der Waals surface area contributed by atoms with Crippen molar-refractivity contribution in [1.82, 2.24) is 4.98 Å². The zero-order valence-electron chi connectivity index (χ0n) is 12.7. The summed E-state index contributed by atoms with van der Waals surface area (Å²) in [4.78, 5) is 3.71. The van der Waals surface area contributed by atoms with E-state index in [1.807, 2.05) is 6.92 Å². The van der Waals surface area contributed by atoms with Crippen molar-refractivity contribution in [3.8, 4) is 0 Å². The number of aromatic nitrogens is 2. The normalized spacial score (nSPS) is 10.9. The average molecular weight is 424 g/mol. The molecule has 7 nitrogen and oxygen atoms in total. The van der Waals surface area contributed by atoms with Crippen molar-refractivity contribution < 1.29 is 17.6 Å². The van der Waals surface area contributed by atoms with E-state index in [2.05, 4.69) is 20.9 Å². The Kier molecular flexibility index (Phi) is 6.34. The fraction of sp³-hybridized carbons (Fsp3) is 0.231. The summed E-state index contributed by atoms with van der Waals surface area (Å²) in [6.45, 7) is 5.12. The third-order valence-corrected chi connectivity index (χ3v) is 4.60. The lowest BCUT2D eigenvalue weighted by molar-refractivity contribution is -0.624. The summed E-state index contributed by atoms with van der Waals surface area (Å²) in [6.07, 6.45) is 1.52. The summed E-state index contributed by atoms with van der Waals surface area (Å²) >= 11 is 8.65. The number of nitrogen functional groups attached to an aromatic ring is 2. The molecule has 0 saturated heterocycles. The number of rotatable bonds is 1. The molecule has 0 spiro atoms. The van der Waals surface area contributed by atoms with Gasteiger partial charge in [-0.1, -0.05) is 29.3 Å². The minimum Gasteiger partial charge on any atom is -0.744 e. The van der Waals surface area contributed by atoms with E-state index in [9.17, 15) is 13.0 Å². The molecule has 1 heterocycles. The number of benzene rings is 1. The Bertz CT molecular complexity index is 797. The standard InChI is InChI=1S/C9H12O3S.C4H4BrClN4/c1-6-4-7(2)9(8(3)5-6)13(10,11)12;5-2-1-10(8)4(7)3(6)9-2/h4-5H,1-3H3,(H,10,11,12);1,7H,8H2. The topological polar surface area (TPSA) is 126 Å². The van der Waals surface area contributed by atoms with Gasteiger partial charge in [-0.3, -0.25) is 11.6 Å². The molecule has 0 bridgehead atoms. The Labute approximate surface area is 148 Å². The van der Waals surface area contributed by atoms with Gasteiger partial charge in [0.05, 0.1) is 4.90 Å². The maximum atomic E-state index is 10.8. The molecule has 0 aliphatic heterocycles. The number of halogens is 2. The van der Waals surface area contributed by atoms with Gasteiger partial charge in [0, 0.05) is 0 Å². The number of aryl methyl sites for hydroxylation is 3. The summed E-state index contributed by atoms with van der Waals surface area (Å²) in [5, 5.41) is 0.192. The van der Waals surface area contributed by atoms with Gasteiger partial charge >= 0.3 is 5.82 Å². The lowest BCUT2D eigenvalue weighted by Crippen LogP contribution is -2.47. The Morgan fingerprint density at radius 1 is 1.26 bits per heavy atom. The van der Waals surface area contributed by atoms with Crippen molar-refractivity contribution in [3.63, 3.8) is 0 Å². The van der Waals surface area contributed by atoms with E-state index < -0.39 is 10.1 Å². The second-order valence-electron chi connectivity index (χ2n) is 4.83. The first-order chi connectivity index (χ1) is 10.4. The molecule has 0 aliphatic rings. The van der Waals surface area contributed by atoms with Crippen molar-refractivity contribution >= 4 is 43.5 Å². The van der Waals surface area contributed by atoms with Crippen molar-refractivity contribution in [2.24, 2.45) is 0 Å². The van der Waals surface area contributed by atoms with Crippen LogP contribution in [0.5, 0.6) is 0 Å². The summed E-state index contributed by atoms with van der Waals surface area (Å²) < 4.78 is 34.2. The summed E-state index contributed by atoms with van der Waals surface area (Å²) in [5.74, 6) is 5.60. The van der Waals surface area contributed by atoms with Crippen molar-refractivity contribution in [1.29, 1.82) is 0 Å². The molecule has 2 aromatic rings. The van der Waals surface area contributed by atoms with Crippen LogP contribution in [0.25, 0.3) is 0 Å². The van der Waals surface area contributed by atoms with E-state index in [1.165, 1.54) is 10.9 Å². The minimum atomic E-state index is -4.33. The van der Waals surface area contributed by atoms with Crippen LogP contribution in [0.3, 0.4) is 0 Å². The molecule has 126 valence electrons. The fourth-order valence-electron chi connectivity index (χ4n) is 2.03. The molecule has 4 N–H and O–H groups in total. The highest BCUT2D eigenvalue weighted by Gasteiger charge is 2.10. The van der Waals surface area contributed by atoms with Crippen LogP contribution in [0.1, 0.15) is 16.7 Å². The molecule has 0 atom stereocenters. The number of nitrogens with two attached hydrogens (primary N) is 2. The Balaban J connectivity index is 0.000000238. The molecule has 0 unspecified atom stereocenters. The molecule has 1 aromatic carbocycles. The molecule has 0 amide bonds. The van der Waals surface area contributed by atoms with Crippen LogP contribution in [-0.4, -0.2) is 18.0 Å². The maximum Gasteiger partial charge on any atom is 0.333 e. The SMILES string of the molecule is Cc1cc(C)c(S(=O)(=O)[O-])c(C)c1.Nc1c(Cl)nc(Br)c[n+]1N. The first kappa shape index (κ1) is 19.6. The number of nitrogens with zero attached hydrogens (tertiary/aromatic N) is 2. The zero-order valence-corrected chi connectivity index (χ0v) is 15.8. The first-order valence-electron chi connectivity index (χ1n) is 6.25. The lowest BCUT2D eigenvalue weighted by atomic mass is 10.1. The lowest BCUT2D eigenvalue weighted by Gasteiger charge is -2.14. The molecule has 0 fully saturated rings. The quantitative estimate of drug-likeness (QED) is 0.407. The molecule has 10 heteroatoms. The second-order valence-corrected chi connectivity index (χ2v) is 7.32.